The highest BCUT2D eigenvalue weighted by atomic mass is 16.6. The van der Waals surface area contributed by atoms with E-state index >= 15 is 0 Å². The lowest BCUT2D eigenvalue weighted by atomic mass is 9.92. The molecule has 0 saturated carbocycles. The van der Waals surface area contributed by atoms with Gasteiger partial charge in [0.05, 0.1) is 30.3 Å². The van der Waals surface area contributed by atoms with Crippen LogP contribution in [0, 0.1) is 0 Å². The molecule has 0 bridgehead atoms. The van der Waals surface area contributed by atoms with Gasteiger partial charge in [0.2, 0.25) is 5.91 Å². The third-order valence-electron chi connectivity index (χ3n) is 5.08. The highest BCUT2D eigenvalue weighted by Crippen LogP contribution is 2.31. The molecule has 26 heavy (non-hydrogen) atoms. The Bertz CT molecular complexity index is 940. The van der Waals surface area contributed by atoms with Gasteiger partial charge in [-0.05, 0) is 25.0 Å². The molecule has 2 aromatic rings. The van der Waals surface area contributed by atoms with Crippen LogP contribution in [-0.4, -0.2) is 63.6 Å². The van der Waals surface area contributed by atoms with Crippen LogP contribution < -0.4 is 5.56 Å². The smallest absolute Gasteiger partial charge is 0.410 e. The van der Waals surface area contributed by atoms with Gasteiger partial charge in [0, 0.05) is 13.6 Å². The molecule has 1 aromatic carbocycles. The molecule has 2 amide bonds. The fourth-order valence-corrected chi connectivity index (χ4v) is 3.83. The Kier molecular flexibility index (Phi) is 3.90. The van der Waals surface area contributed by atoms with Crippen molar-refractivity contribution in [3.05, 3.63) is 40.8 Å². The van der Waals surface area contributed by atoms with E-state index in [2.05, 4.69) is 4.98 Å². The molecule has 0 radical (unpaired) electrons. The maximum Gasteiger partial charge on any atom is 0.410 e. The number of aromatic nitrogens is 2. The van der Waals surface area contributed by atoms with Crippen LogP contribution in [0.4, 0.5) is 4.79 Å². The second-order valence-electron chi connectivity index (χ2n) is 7.00. The number of amides is 2. The standard InChI is InChI=1S/C18H20N4O4/c1-20-11-18(26-17(20)25)7-4-8-21(12-18)16(24)10-22-14-6-3-2-5-13(14)19-9-15(22)23/h2-3,5-6,9H,4,7-8,10-12H2,1H3/t18-/m0/s1. The first-order valence-corrected chi connectivity index (χ1v) is 8.64. The van der Waals surface area contributed by atoms with Gasteiger partial charge in [-0.2, -0.15) is 0 Å². The minimum atomic E-state index is -0.634. The minimum absolute atomic E-state index is 0.0538. The third-order valence-corrected chi connectivity index (χ3v) is 5.08. The van der Waals surface area contributed by atoms with Crippen molar-refractivity contribution < 1.29 is 14.3 Å². The molecule has 1 aromatic heterocycles. The third kappa shape index (κ3) is 2.81. The molecule has 0 N–H and O–H groups in total. The number of rotatable bonds is 2. The number of nitrogens with zero attached hydrogens (tertiary/aromatic N) is 4. The SMILES string of the molecule is CN1C[C@]2(CCCN(C(=O)Cn3c(=O)cnc4ccccc43)C2)OC1=O. The lowest BCUT2D eigenvalue weighted by molar-refractivity contribution is -0.137. The van der Waals surface area contributed by atoms with Gasteiger partial charge in [-0.3, -0.25) is 14.2 Å². The van der Waals surface area contributed by atoms with Crippen LogP contribution in [0.3, 0.4) is 0 Å². The van der Waals surface area contributed by atoms with E-state index in [1.54, 1.807) is 24.1 Å². The molecule has 2 aliphatic heterocycles. The summed E-state index contributed by atoms with van der Waals surface area (Å²) < 4.78 is 6.98. The van der Waals surface area contributed by atoms with Gasteiger partial charge in [0.15, 0.2) is 0 Å². The van der Waals surface area contributed by atoms with E-state index < -0.39 is 5.60 Å². The largest absolute Gasteiger partial charge is 0.439 e. The van der Waals surface area contributed by atoms with E-state index in [1.807, 2.05) is 12.1 Å². The highest BCUT2D eigenvalue weighted by Gasteiger charge is 2.47. The van der Waals surface area contributed by atoms with Crippen LogP contribution in [0.15, 0.2) is 35.3 Å². The molecular formula is C18H20N4O4. The number of carbonyl (C=O) groups is 2. The maximum absolute atomic E-state index is 12.9. The maximum atomic E-state index is 12.9. The summed E-state index contributed by atoms with van der Waals surface area (Å²) in [5, 5.41) is 0. The van der Waals surface area contributed by atoms with Crippen LogP contribution in [0.1, 0.15) is 12.8 Å². The average Bonchev–Trinajstić information content (AvgIpc) is 2.90. The monoisotopic (exact) mass is 356 g/mol. The first kappa shape index (κ1) is 16.6. The van der Waals surface area contributed by atoms with Crippen LogP contribution >= 0.6 is 0 Å². The molecule has 8 nitrogen and oxygen atoms in total. The van der Waals surface area contributed by atoms with E-state index in [4.69, 9.17) is 4.74 Å². The van der Waals surface area contributed by atoms with Crippen molar-refractivity contribution in [1.82, 2.24) is 19.4 Å². The Morgan fingerprint density at radius 1 is 1.27 bits per heavy atom. The fraction of sp³-hybridized carbons (Fsp3) is 0.444. The average molecular weight is 356 g/mol. The van der Waals surface area contributed by atoms with E-state index in [0.29, 0.717) is 30.7 Å². The Hall–Kier alpha value is -2.90. The molecule has 2 aliphatic rings. The van der Waals surface area contributed by atoms with Crippen molar-refractivity contribution in [3.8, 4) is 0 Å². The molecule has 0 unspecified atom stereocenters. The van der Waals surface area contributed by atoms with Crippen LogP contribution in [0.5, 0.6) is 0 Å². The zero-order chi connectivity index (χ0) is 18.3. The molecule has 0 aliphatic carbocycles. The number of ether oxygens (including phenoxy) is 1. The van der Waals surface area contributed by atoms with E-state index in [0.717, 1.165) is 12.8 Å². The molecule has 2 fully saturated rings. The van der Waals surface area contributed by atoms with Crippen molar-refractivity contribution in [2.24, 2.45) is 0 Å². The zero-order valence-corrected chi connectivity index (χ0v) is 14.6. The number of fused-ring (bicyclic) bond motifs is 1. The lowest BCUT2D eigenvalue weighted by Gasteiger charge is -2.38. The zero-order valence-electron chi connectivity index (χ0n) is 14.6. The topological polar surface area (TPSA) is 84.7 Å². The molecular weight excluding hydrogens is 336 g/mol. The summed E-state index contributed by atoms with van der Waals surface area (Å²) in [6.45, 7) is 1.38. The quantitative estimate of drug-likeness (QED) is 0.796. The van der Waals surface area contributed by atoms with Crippen molar-refractivity contribution in [1.29, 1.82) is 0 Å². The number of likely N-dealkylation sites (N-methyl/N-ethyl adjacent to an activating group) is 1. The Labute approximate surface area is 150 Å². The number of hydrogen-bond donors (Lipinski definition) is 0. The lowest BCUT2D eigenvalue weighted by Crippen LogP contribution is -2.53. The highest BCUT2D eigenvalue weighted by molar-refractivity contribution is 5.80. The molecule has 1 atom stereocenters. The van der Waals surface area contributed by atoms with Crippen molar-refractivity contribution in [2.45, 2.75) is 25.0 Å². The number of para-hydroxylation sites is 2. The second-order valence-corrected chi connectivity index (χ2v) is 7.00. The van der Waals surface area contributed by atoms with E-state index in [1.165, 1.54) is 15.7 Å². The minimum Gasteiger partial charge on any atom is -0.439 e. The summed E-state index contributed by atoms with van der Waals surface area (Å²) in [6.07, 6.45) is 2.39. The van der Waals surface area contributed by atoms with E-state index in [-0.39, 0.29) is 24.1 Å². The fourth-order valence-electron chi connectivity index (χ4n) is 3.83. The normalized spacial score (nSPS) is 22.9. The van der Waals surface area contributed by atoms with Crippen molar-refractivity contribution >= 4 is 23.0 Å². The first-order valence-electron chi connectivity index (χ1n) is 8.64. The summed E-state index contributed by atoms with van der Waals surface area (Å²) in [5.41, 5.74) is 0.356. The summed E-state index contributed by atoms with van der Waals surface area (Å²) in [6, 6.07) is 7.24. The summed E-state index contributed by atoms with van der Waals surface area (Å²) in [5.74, 6) is -0.159. The van der Waals surface area contributed by atoms with Crippen molar-refractivity contribution in [3.63, 3.8) is 0 Å². The molecule has 4 rings (SSSR count). The molecule has 2 saturated heterocycles. The Morgan fingerprint density at radius 3 is 2.85 bits per heavy atom. The summed E-state index contributed by atoms with van der Waals surface area (Å²) in [4.78, 5) is 44.2. The first-order chi connectivity index (χ1) is 12.5. The van der Waals surface area contributed by atoms with Gasteiger partial charge in [-0.25, -0.2) is 9.78 Å². The van der Waals surface area contributed by atoms with Gasteiger partial charge < -0.3 is 14.5 Å². The Morgan fingerprint density at radius 2 is 2.08 bits per heavy atom. The van der Waals surface area contributed by atoms with Gasteiger partial charge in [-0.1, -0.05) is 12.1 Å². The van der Waals surface area contributed by atoms with Crippen LogP contribution in [-0.2, 0) is 16.1 Å². The second kappa shape index (κ2) is 6.12. The number of benzene rings is 1. The molecule has 3 heterocycles. The van der Waals surface area contributed by atoms with E-state index in [9.17, 15) is 14.4 Å². The van der Waals surface area contributed by atoms with Gasteiger partial charge in [0.25, 0.3) is 5.56 Å². The Balaban J connectivity index is 1.57. The number of piperidine rings is 1. The number of hydrogen-bond acceptors (Lipinski definition) is 5. The van der Waals surface area contributed by atoms with Gasteiger partial charge in [0.1, 0.15) is 12.1 Å². The van der Waals surface area contributed by atoms with Gasteiger partial charge >= 0.3 is 6.09 Å². The van der Waals surface area contributed by atoms with Crippen LogP contribution in [0.25, 0.3) is 11.0 Å². The number of carbonyl (C=O) groups excluding carboxylic acids is 2. The van der Waals surface area contributed by atoms with Crippen LogP contribution in [0.2, 0.25) is 0 Å². The summed E-state index contributed by atoms with van der Waals surface area (Å²) >= 11 is 0. The molecule has 1 spiro atoms. The summed E-state index contributed by atoms with van der Waals surface area (Å²) in [7, 11) is 1.69. The van der Waals surface area contributed by atoms with Gasteiger partial charge in [-0.15, -0.1) is 0 Å². The predicted molar refractivity (Wildman–Crippen MR) is 93.7 cm³/mol. The predicted octanol–water partition coefficient (Wildman–Crippen LogP) is 0.840. The number of likely N-dealkylation sites (tertiary alicyclic amines) is 1. The molecule has 8 heteroatoms. The molecule has 136 valence electrons. The van der Waals surface area contributed by atoms with Crippen molar-refractivity contribution in [2.75, 3.05) is 26.7 Å².